The maximum Gasteiger partial charge on any atom is 0.234 e. The Hall–Kier alpha value is -2.77. The van der Waals surface area contributed by atoms with E-state index in [0.717, 1.165) is 50.0 Å². The average molecular weight is 412 g/mol. The maximum atomic E-state index is 12.4. The van der Waals surface area contributed by atoms with Crippen LogP contribution in [0.15, 0.2) is 48.5 Å². The SMILES string of the molecule is COc1ccc(CN2CCN(CC(=O)NC[C@H]3COc4ccccc4O3)CC2)cc1. The van der Waals surface area contributed by atoms with Crippen LogP contribution >= 0.6 is 0 Å². The van der Waals surface area contributed by atoms with Gasteiger partial charge < -0.3 is 19.5 Å². The van der Waals surface area contributed by atoms with Gasteiger partial charge in [0.15, 0.2) is 11.5 Å². The highest BCUT2D eigenvalue weighted by atomic mass is 16.6. The molecule has 0 radical (unpaired) electrons. The lowest BCUT2D eigenvalue weighted by Crippen LogP contribution is -2.50. The van der Waals surface area contributed by atoms with Gasteiger partial charge in [-0.2, -0.15) is 0 Å². The van der Waals surface area contributed by atoms with Crippen LogP contribution in [0, 0.1) is 0 Å². The second-order valence-electron chi connectivity index (χ2n) is 7.70. The number of rotatable bonds is 7. The highest BCUT2D eigenvalue weighted by molar-refractivity contribution is 5.78. The molecule has 0 spiro atoms. The van der Waals surface area contributed by atoms with Crippen molar-refractivity contribution in [3.8, 4) is 17.2 Å². The van der Waals surface area contributed by atoms with E-state index in [0.29, 0.717) is 19.7 Å². The zero-order valence-electron chi connectivity index (χ0n) is 17.4. The number of carbonyl (C=O) groups is 1. The Bertz CT molecular complexity index is 835. The molecular weight excluding hydrogens is 382 g/mol. The summed E-state index contributed by atoms with van der Waals surface area (Å²) < 4.78 is 16.8. The summed E-state index contributed by atoms with van der Waals surface area (Å²) in [4.78, 5) is 17.0. The summed E-state index contributed by atoms with van der Waals surface area (Å²) in [5.41, 5.74) is 1.28. The van der Waals surface area contributed by atoms with E-state index >= 15 is 0 Å². The lowest BCUT2D eigenvalue weighted by molar-refractivity contribution is -0.123. The van der Waals surface area contributed by atoms with Gasteiger partial charge in [0.2, 0.25) is 5.91 Å². The van der Waals surface area contributed by atoms with E-state index in [1.54, 1.807) is 7.11 Å². The molecule has 2 aromatic carbocycles. The highest BCUT2D eigenvalue weighted by Gasteiger charge is 2.23. The quantitative estimate of drug-likeness (QED) is 0.749. The number of benzene rings is 2. The van der Waals surface area contributed by atoms with Gasteiger partial charge in [-0.05, 0) is 29.8 Å². The Morgan fingerprint density at radius 2 is 1.73 bits per heavy atom. The van der Waals surface area contributed by atoms with Gasteiger partial charge in [-0.1, -0.05) is 24.3 Å². The molecule has 30 heavy (non-hydrogen) atoms. The van der Waals surface area contributed by atoms with E-state index in [1.165, 1.54) is 5.56 Å². The third kappa shape index (κ3) is 5.43. The van der Waals surface area contributed by atoms with E-state index in [2.05, 4.69) is 27.2 Å². The van der Waals surface area contributed by atoms with Gasteiger partial charge in [0, 0.05) is 32.7 Å². The van der Waals surface area contributed by atoms with Crippen LogP contribution in [0.3, 0.4) is 0 Å². The van der Waals surface area contributed by atoms with Crippen LogP contribution in [0.5, 0.6) is 17.2 Å². The number of fused-ring (bicyclic) bond motifs is 1. The molecule has 160 valence electrons. The molecule has 1 amide bonds. The predicted molar refractivity (Wildman–Crippen MR) is 114 cm³/mol. The standard InChI is InChI=1S/C23H29N3O4/c1-28-19-8-6-18(7-9-19)15-25-10-12-26(13-11-25)16-23(27)24-14-20-17-29-21-4-2-3-5-22(21)30-20/h2-9,20H,10-17H2,1H3,(H,24,27)/t20-/m0/s1. The molecule has 7 nitrogen and oxygen atoms in total. The van der Waals surface area contributed by atoms with E-state index in [1.807, 2.05) is 36.4 Å². The number of ether oxygens (including phenoxy) is 3. The number of hydrogen-bond donors (Lipinski definition) is 1. The smallest absolute Gasteiger partial charge is 0.234 e. The van der Waals surface area contributed by atoms with E-state index < -0.39 is 0 Å². The van der Waals surface area contributed by atoms with Crippen molar-refractivity contribution in [3.63, 3.8) is 0 Å². The fourth-order valence-corrected chi connectivity index (χ4v) is 3.74. The first-order chi connectivity index (χ1) is 14.7. The summed E-state index contributed by atoms with van der Waals surface area (Å²) in [5.74, 6) is 2.40. The van der Waals surface area contributed by atoms with E-state index in [4.69, 9.17) is 14.2 Å². The fourth-order valence-electron chi connectivity index (χ4n) is 3.74. The Balaban J connectivity index is 1.15. The van der Waals surface area contributed by atoms with Crippen LogP contribution < -0.4 is 19.5 Å². The highest BCUT2D eigenvalue weighted by Crippen LogP contribution is 2.30. The Kier molecular flexibility index (Phi) is 6.71. The topological polar surface area (TPSA) is 63.3 Å². The summed E-state index contributed by atoms with van der Waals surface area (Å²) in [6.07, 6.45) is -0.162. The lowest BCUT2D eigenvalue weighted by Gasteiger charge is -2.34. The number of hydrogen-bond acceptors (Lipinski definition) is 6. The van der Waals surface area contributed by atoms with Gasteiger partial charge in [0.05, 0.1) is 20.2 Å². The van der Waals surface area contributed by atoms with Gasteiger partial charge in [-0.15, -0.1) is 0 Å². The van der Waals surface area contributed by atoms with Crippen molar-refractivity contribution in [1.29, 1.82) is 0 Å². The monoisotopic (exact) mass is 411 g/mol. The van der Waals surface area contributed by atoms with Crippen molar-refractivity contribution < 1.29 is 19.0 Å². The molecule has 1 fully saturated rings. The van der Waals surface area contributed by atoms with Crippen molar-refractivity contribution >= 4 is 5.91 Å². The molecule has 7 heteroatoms. The molecule has 2 aliphatic heterocycles. The molecule has 1 atom stereocenters. The second kappa shape index (κ2) is 9.82. The first-order valence-corrected chi connectivity index (χ1v) is 10.4. The van der Waals surface area contributed by atoms with Crippen LogP contribution in [0.1, 0.15) is 5.56 Å². The largest absolute Gasteiger partial charge is 0.497 e. The molecule has 0 aromatic heterocycles. The summed E-state index contributed by atoms with van der Waals surface area (Å²) in [6, 6.07) is 15.8. The normalized spacial score (nSPS) is 19.3. The third-order valence-corrected chi connectivity index (χ3v) is 5.49. The number of amides is 1. The first-order valence-electron chi connectivity index (χ1n) is 10.4. The molecule has 1 saturated heterocycles. The third-order valence-electron chi connectivity index (χ3n) is 5.49. The van der Waals surface area contributed by atoms with Crippen LogP contribution in [-0.2, 0) is 11.3 Å². The molecular formula is C23H29N3O4. The Morgan fingerprint density at radius 1 is 1.03 bits per heavy atom. The Morgan fingerprint density at radius 3 is 2.47 bits per heavy atom. The van der Waals surface area contributed by atoms with Gasteiger partial charge in [0.1, 0.15) is 18.5 Å². The van der Waals surface area contributed by atoms with Crippen molar-refractivity contribution in [2.24, 2.45) is 0 Å². The molecule has 0 unspecified atom stereocenters. The summed E-state index contributed by atoms with van der Waals surface area (Å²) in [7, 11) is 1.68. The maximum absolute atomic E-state index is 12.4. The molecule has 4 rings (SSSR count). The lowest BCUT2D eigenvalue weighted by atomic mass is 10.2. The summed E-state index contributed by atoms with van der Waals surface area (Å²) in [5, 5.41) is 2.98. The number of methoxy groups -OCH3 is 1. The Labute approximate surface area is 177 Å². The average Bonchev–Trinajstić information content (AvgIpc) is 2.79. The van der Waals surface area contributed by atoms with Gasteiger partial charge in [0.25, 0.3) is 0 Å². The molecule has 2 aromatic rings. The van der Waals surface area contributed by atoms with Crippen molar-refractivity contribution in [3.05, 3.63) is 54.1 Å². The van der Waals surface area contributed by atoms with Gasteiger partial charge >= 0.3 is 0 Å². The molecule has 0 saturated carbocycles. The van der Waals surface area contributed by atoms with Crippen molar-refractivity contribution in [2.45, 2.75) is 12.6 Å². The second-order valence-corrected chi connectivity index (χ2v) is 7.70. The van der Waals surface area contributed by atoms with Crippen molar-refractivity contribution in [1.82, 2.24) is 15.1 Å². The molecule has 2 aliphatic rings. The van der Waals surface area contributed by atoms with Crippen LogP contribution in [0.25, 0.3) is 0 Å². The fraction of sp³-hybridized carbons (Fsp3) is 0.435. The van der Waals surface area contributed by atoms with Gasteiger partial charge in [-0.25, -0.2) is 0 Å². The van der Waals surface area contributed by atoms with Gasteiger partial charge in [-0.3, -0.25) is 14.6 Å². The number of para-hydroxylation sites is 2. The van der Waals surface area contributed by atoms with Crippen LogP contribution in [-0.4, -0.2) is 74.8 Å². The van der Waals surface area contributed by atoms with Crippen molar-refractivity contribution in [2.75, 3.05) is 53.0 Å². The zero-order chi connectivity index (χ0) is 20.8. The summed E-state index contributed by atoms with van der Waals surface area (Å²) in [6.45, 7) is 5.92. The molecule has 2 heterocycles. The molecule has 0 bridgehead atoms. The predicted octanol–water partition coefficient (Wildman–Crippen LogP) is 1.77. The molecule has 1 N–H and O–H groups in total. The number of carbonyl (C=O) groups excluding carboxylic acids is 1. The number of nitrogens with one attached hydrogen (secondary N) is 1. The first kappa shape index (κ1) is 20.5. The minimum atomic E-state index is -0.162. The summed E-state index contributed by atoms with van der Waals surface area (Å²) >= 11 is 0. The van der Waals surface area contributed by atoms with E-state index in [-0.39, 0.29) is 12.0 Å². The molecule has 0 aliphatic carbocycles. The number of nitrogens with zero attached hydrogens (tertiary/aromatic N) is 2. The minimum Gasteiger partial charge on any atom is -0.497 e. The van der Waals surface area contributed by atoms with Crippen LogP contribution in [0.2, 0.25) is 0 Å². The minimum absolute atomic E-state index is 0.0288. The van der Waals surface area contributed by atoms with E-state index in [9.17, 15) is 4.79 Å². The van der Waals surface area contributed by atoms with Crippen LogP contribution in [0.4, 0.5) is 0 Å². The zero-order valence-corrected chi connectivity index (χ0v) is 17.4. The number of piperazine rings is 1.